The molecule has 0 unspecified atom stereocenters. The van der Waals surface area contributed by atoms with Gasteiger partial charge in [-0.1, -0.05) is 43.0 Å². The fourth-order valence-corrected chi connectivity index (χ4v) is 3.87. The highest BCUT2D eigenvalue weighted by Gasteiger charge is 2.28. The third-order valence-corrected chi connectivity index (χ3v) is 5.48. The molecule has 1 saturated carbocycles. The van der Waals surface area contributed by atoms with Gasteiger partial charge in [-0.3, -0.25) is 14.5 Å². The topological polar surface area (TPSA) is 52.7 Å². The predicted molar refractivity (Wildman–Crippen MR) is 99.7 cm³/mol. The molecule has 1 N–H and O–H groups in total. The van der Waals surface area contributed by atoms with Crippen molar-refractivity contribution in [1.29, 1.82) is 0 Å². The molecule has 1 aromatic rings. The Hall–Kier alpha value is -1.59. The molecule has 6 heteroatoms. The lowest BCUT2D eigenvalue weighted by molar-refractivity contribution is -0.138. The number of para-hydroxylation sites is 1. The van der Waals surface area contributed by atoms with E-state index < -0.39 is 0 Å². The summed E-state index contributed by atoms with van der Waals surface area (Å²) in [7, 11) is 0. The molecule has 0 spiro atoms. The fraction of sp³-hybridized carbons (Fsp3) is 0.579. The number of anilines is 1. The van der Waals surface area contributed by atoms with Crippen LogP contribution in [0.25, 0.3) is 0 Å². The van der Waals surface area contributed by atoms with E-state index in [4.69, 9.17) is 11.6 Å². The van der Waals surface area contributed by atoms with Crippen LogP contribution < -0.4 is 5.32 Å². The Morgan fingerprint density at radius 2 is 1.72 bits per heavy atom. The standard InChI is InChI=1S/C19H26ClN3O2/c20-16-8-4-5-9-17(16)21-18(24)14-22-10-12-23(13-11-22)19(25)15-6-2-1-3-7-15/h4-5,8-9,15H,1-3,6-7,10-14H2,(H,21,24). The molecule has 0 radical (unpaired) electrons. The number of benzene rings is 1. The Kier molecular flexibility index (Phi) is 6.32. The lowest BCUT2D eigenvalue weighted by Crippen LogP contribution is -2.52. The van der Waals surface area contributed by atoms with Crippen LogP contribution in [-0.2, 0) is 9.59 Å². The zero-order valence-corrected chi connectivity index (χ0v) is 15.3. The zero-order chi connectivity index (χ0) is 17.6. The molecule has 136 valence electrons. The van der Waals surface area contributed by atoms with E-state index in [1.54, 1.807) is 12.1 Å². The molecule has 2 fully saturated rings. The first-order chi connectivity index (χ1) is 12.1. The summed E-state index contributed by atoms with van der Waals surface area (Å²) in [5, 5.41) is 3.39. The quantitative estimate of drug-likeness (QED) is 0.894. The zero-order valence-electron chi connectivity index (χ0n) is 14.5. The summed E-state index contributed by atoms with van der Waals surface area (Å²) < 4.78 is 0. The second kappa shape index (κ2) is 8.68. The van der Waals surface area contributed by atoms with E-state index in [1.807, 2.05) is 17.0 Å². The molecule has 1 aliphatic carbocycles. The molecule has 2 amide bonds. The maximum atomic E-state index is 12.6. The third-order valence-electron chi connectivity index (χ3n) is 5.15. The van der Waals surface area contributed by atoms with Crippen molar-refractivity contribution < 1.29 is 9.59 Å². The smallest absolute Gasteiger partial charge is 0.238 e. The number of amides is 2. The minimum Gasteiger partial charge on any atom is -0.340 e. The molecule has 5 nitrogen and oxygen atoms in total. The molecular formula is C19H26ClN3O2. The van der Waals surface area contributed by atoms with Crippen molar-refractivity contribution in [3.8, 4) is 0 Å². The summed E-state index contributed by atoms with van der Waals surface area (Å²) in [5.41, 5.74) is 0.639. The highest BCUT2D eigenvalue weighted by Crippen LogP contribution is 2.26. The number of rotatable bonds is 4. The maximum absolute atomic E-state index is 12.6. The average molecular weight is 364 g/mol. The van der Waals surface area contributed by atoms with Gasteiger partial charge in [0.15, 0.2) is 0 Å². The average Bonchev–Trinajstić information content (AvgIpc) is 2.64. The highest BCUT2D eigenvalue weighted by atomic mass is 35.5. The first-order valence-electron chi connectivity index (χ1n) is 9.19. The number of nitrogens with zero attached hydrogens (tertiary/aromatic N) is 2. The monoisotopic (exact) mass is 363 g/mol. The summed E-state index contributed by atoms with van der Waals surface area (Å²) in [6.07, 6.45) is 5.70. The Balaban J connectivity index is 1.43. The van der Waals surface area contributed by atoms with Crippen LogP contribution in [0.5, 0.6) is 0 Å². The number of carbonyl (C=O) groups is 2. The van der Waals surface area contributed by atoms with Crippen LogP contribution in [0, 0.1) is 5.92 Å². The summed E-state index contributed by atoms with van der Waals surface area (Å²) in [6, 6.07) is 7.23. The SMILES string of the molecule is O=C(CN1CCN(C(=O)C2CCCCC2)CC1)Nc1ccccc1Cl. The van der Waals surface area contributed by atoms with Crippen molar-refractivity contribution in [3.63, 3.8) is 0 Å². The minimum absolute atomic E-state index is 0.0693. The van der Waals surface area contributed by atoms with E-state index in [1.165, 1.54) is 19.3 Å². The van der Waals surface area contributed by atoms with Crippen molar-refractivity contribution in [2.24, 2.45) is 5.92 Å². The molecule has 1 saturated heterocycles. The van der Waals surface area contributed by atoms with Crippen molar-refractivity contribution in [3.05, 3.63) is 29.3 Å². The van der Waals surface area contributed by atoms with Gasteiger partial charge in [0.05, 0.1) is 17.3 Å². The van der Waals surface area contributed by atoms with Crippen molar-refractivity contribution >= 4 is 29.1 Å². The van der Waals surface area contributed by atoms with Gasteiger partial charge in [0.2, 0.25) is 11.8 Å². The van der Waals surface area contributed by atoms with E-state index >= 15 is 0 Å². The first-order valence-corrected chi connectivity index (χ1v) is 9.57. The Morgan fingerprint density at radius 1 is 1.04 bits per heavy atom. The van der Waals surface area contributed by atoms with E-state index in [2.05, 4.69) is 10.2 Å². The van der Waals surface area contributed by atoms with E-state index in [0.717, 1.165) is 25.9 Å². The van der Waals surface area contributed by atoms with Crippen LogP contribution in [-0.4, -0.2) is 54.3 Å². The third kappa shape index (κ3) is 4.95. The Labute approximate surface area is 154 Å². The molecule has 1 aromatic carbocycles. The van der Waals surface area contributed by atoms with Crippen LogP contribution in [0.15, 0.2) is 24.3 Å². The number of hydrogen-bond acceptors (Lipinski definition) is 3. The predicted octanol–water partition coefficient (Wildman–Crippen LogP) is 3.00. The van der Waals surface area contributed by atoms with E-state index in [0.29, 0.717) is 36.3 Å². The summed E-state index contributed by atoms with van der Waals surface area (Å²) in [5.74, 6) is 0.476. The molecule has 0 bridgehead atoms. The number of hydrogen-bond donors (Lipinski definition) is 1. The molecule has 2 aliphatic rings. The fourth-order valence-electron chi connectivity index (χ4n) is 3.69. The largest absolute Gasteiger partial charge is 0.340 e. The normalized spacial score (nSPS) is 19.6. The van der Waals surface area contributed by atoms with Gasteiger partial charge in [-0.2, -0.15) is 0 Å². The van der Waals surface area contributed by atoms with Crippen molar-refractivity contribution in [2.45, 2.75) is 32.1 Å². The van der Waals surface area contributed by atoms with Gasteiger partial charge in [-0.15, -0.1) is 0 Å². The lowest BCUT2D eigenvalue weighted by atomic mass is 9.88. The van der Waals surface area contributed by atoms with Gasteiger partial charge in [0.25, 0.3) is 0 Å². The van der Waals surface area contributed by atoms with Crippen LogP contribution in [0.3, 0.4) is 0 Å². The molecule has 0 atom stereocenters. The number of nitrogens with one attached hydrogen (secondary N) is 1. The Morgan fingerprint density at radius 3 is 2.40 bits per heavy atom. The van der Waals surface area contributed by atoms with E-state index in [-0.39, 0.29) is 11.8 Å². The summed E-state index contributed by atoms with van der Waals surface area (Å²) >= 11 is 6.07. The van der Waals surface area contributed by atoms with Crippen molar-refractivity contribution in [2.75, 3.05) is 38.0 Å². The van der Waals surface area contributed by atoms with Gasteiger partial charge in [0, 0.05) is 32.1 Å². The van der Waals surface area contributed by atoms with Gasteiger partial charge >= 0.3 is 0 Å². The van der Waals surface area contributed by atoms with Crippen molar-refractivity contribution in [1.82, 2.24) is 9.80 Å². The van der Waals surface area contributed by atoms with Crippen LogP contribution in [0.1, 0.15) is 32.1 Å². The van der Waals surface area contributed by atoms with Crippen LogP contribution in [0.4, 0.5) is 5.69 Å². The second-order valence-corrected chi connectivity index (χ2v) is 7.37. The van der Waals surface area contributed by atoms with Gasteiger partial charge in [-0.25, -0.2) is 0 Å². The summed E-state index contributed by atoms with van der Waals surface area (Å²) in [6.45, 7) is 3.25. The number of halogens is 1. The highest BCUT2D eigenvalue weighted by molar-refractivity contribution is 6.33. The molecule has 25 heavy (non-hydrogen) atoms. The molecule has 0 aromatic heterocycles. The molecule has 3 rings (SSSR count). The van der Waals surface area contributed by atoms with Crippen LogP contribution >= 0.6 is 11.6 Å². The number of piperazine rings is 1. The van der Waals surface area contributed by atoms with Crippen LogP contribution in [0.2, 0.25) is 5.02 Å². The first kappa shape index (κ1) is 18.2. The maximum Gasteiger partial charge on any atom is 0.238 e. The number of carbonyl (C=O) groups excluding carboxylic acids is 2. The molecule has 1 heterocycles. The van der Waals surface area contributed by atoms with E-state index in [9.17, 15) is 9.59 Å². The lowest BCUT2D eigenvalue weighted by Gasteiger charge is -2.36. The van der Waals surface area contributed by atoms with Gasteiger partial charge in [0.1, 0.15) is 0 Å². The molecular weight excluding hydrogens is 338 g/mol. The van der Waals surface area contributed by atoms with Gasteiger partial charge < -0.3 is 10.2 Å². The minimum atomic E-state index is -0.0693. The Bertz CT molecular complexity index is 608. The van der Waals surface area contributed by atoms with Gasteiger partial charge in [-0.05, 0) is 25.0 Å². The summed E-state index contributed by atoms with van der Waals surface area (Å²) in [4.78, 5) is 28.9. The second-order valence-electron chi connectivity index (χ2n) is 6.96. The molecule has 1 aliphatic heterocycles.